The average molecular weight is 300 g/mol. The predicted molar refractivity (Wildman–Crippen MR) is 84.4 cm³/mol. The summed E-state index contributed by atoms with van der Waals surface area (Å²) in [5.74, 6) is 0.878. The van der Waals surface area contributed by atoms with E-state index in [0.29, 0.717) is 19.6 Å². The summed E-state index contributed by atoms with van der Waals surface area (Å²) < 4.78 is 11.2. The molecule has 116 valence electrons. The molecule has 0 heterocycles. The first-order chi connectivity index (χ1) is 10.7. The zero-order chi connectivity index (χ0) is 15.6. The number of hydrogen-bond donors (Lipinski definition) is 1. The average Bonchev–Trinajstić information content (AvgIpc) is 2.54. The number of rotatable bonds is 9. The van der Waals surface area contributed by atoms with Crippen molar-refractivity contribution in [2.24, 2.45) is 0 Å². The van der Waals surface area contributed by atoms with E-state index in [4.69, 9.17) is 14.6 Å². The van der Waals surface area contributed by atoms with E-state index in [1.54, 1.807) is 0 Å². The van der Waals surface area contributed by atoms with E-state index >= 15 is 0 Å². The van der Waals surface area contributed by atoms with Gasteiger partial charge in [-0.05, 0) is 36.2 Å². The van der Waals surface area contributed by atoms with Crippen LogP contribution in [0.1, 0.15) is 18.4 Å². The summed E-state index contributed by atoms with van der Waals surface area (Å²) in [6.45, 7) is 1.20. The Morgan fingerprint density at radius 3 is 2.05 bits per heavy atom. The van der Waals surface area contributed by atoms with Gasteiger partial charge in [0.25, 0.3) is 0 Å². The Balaban J connectivity index is 1.63. The van der Waals surface area contributed by atoms with Crippen LogP contribution in [0.15, 0.2) is 54.6 Å². The molecule has 0 amide bonds. The first-order valence-corrected chi connectivity index (χ1v) is 7.35. The van der Waals surface area contributed by atoms with E-state index in [-0.39, 0.29) is 6.42 Å². The lowest BCUT2D eigenvalue weighted by molar-refractivity contribution is -0.136. The molecule has 0 saturated heterocycles. The molecule has 0 aliphatic carbocycles. The molecule has 0 fully saturated rings. The maximum absolute atomic E-state index is 10.5. The van der Waals surface area contributed by atoms with Crippen LogP contribution in [0.4, 0.5) is 0 Å². The molecule has 4 nitrogen and oxygen atoms in total. The fourth-order valence-electron chi connectivity index (χ4n) is 1.96. The van der Waals surface area contributed by atoms with Crippen LogP contribution in [0.25, 0.3) is 0 Å². The van der Waals surface area contributed by atoms with Crippen molar-refractivity contribution in [1.82, 2.24) is 0 Å². The minimum Gasteiger partial charge on any atom is -0.493 e. The van der Waals surface area contributed by atoms with Gasteiger partial charge in [0.15, 0.2) is 0 Å². The summed E-state index contributed by atoms with van der Waals surface area (Å²) in [7, 11) is 0. The summed E-state index contributed by atoms with van der Waals surface area (Å²) in [6, 6.07) is 17.2. The molecule has 0 aromatic heterocycles. The highest BCUT2D eigenvalue weighted by atomic mass is 16.5. The SMILES string of the molecule is O=C(O)CCc1ccc(OCCCOc2ccccc2)cc1. The van der Waals surface area contributed by atoms with Crippen LogP contribution in [-0.2, 0) is 11.2 Å². The Labute approximate surface area is 130 Å². The van der Waals surface area contributed by atoms with Crippen LogP contribution in [-0.4, -0.2) is 24.3 Å². The molecule has 0 spiro atoms. The highest BCUT2D eigenvalue weighted by molar-refractivity contribution is 5.67. The van der Waals surface area contributed by atoms with Gasteiger partial charge in [-0.3, -0.25) is 4.79 Å². The van der Waals surface area contributed by atoms with Gasteiger partial charge in [-0.1, -0.05) is 30.3 Å². The number of carbonyl (C=O) groups is 1. The van der Waals surface area contributed by atoms with E-state index in [1.165, 1.54) is 0 Å². The van der Waals surface area contributed by atoms with Crippen LogP contribution in [0.2, 0.25) is 0 Å². The van der Waals surface area contributed by atoms with Crippen molar-refractivity contribution in [2.75, 3.05) is 13.2 Å². The molecule has 4 heteroatoms. The molecular weight excluding hydrogens is 280 g/mol. The summed E-state index contributed by atoms with van der Waals surface area (Å²) in [6.07, 6.45) is 1.49. The minimum absolute atomic E-state index is 0.150. The number of carboxylic acids is 1. The molecule has 2 aromatic carbocycles. The summed E-state index contributed by atoms with van der Waals surface area (Å²) in [5, 5.41) is 8.64. The van der Waals surface area contributed by atoms with Crippen molar-refractivity contribution in [3.05, 3.63) is 60.2 Å². The fourth-order valence-corrected chi connectivity index (χ4v) is 1.96. The monoisotopic (exact) mass is 300 g/mol. The normalized spacial score (nSPS) is 10.2. The number of aliphatic carboxylic acids is 1. The van der Waals surface area contributed by atoms with Crippen molar-refractivity contribution < 1.29 is 19.4 Å². The van der Waals surface area contributed by atoms with Crippen molar-refractivity contribution >= 4 is 5.97 Å². The first kappa shape index (κ1) is 15.9. The van der Waals surface area contributed by atoms with Gasteiger partial charge < -0.3 is 14.6 Å². The Morgan fingerprint density at radius 1 is 0.864 bits per heavy atom. The van der Waals surface area contributed by atoms with Crippen LogP contribution in [0.3, 0.4) is 0 Å². The Kier molecular flexibility index (Phi) is 6.30. The number of ether oxygens (including phenoxy) is 2. The third-order valence-electron chi connectivity index (χ3n) is 3.12. The maximum Gasteiger partial charge on any atom is 0.303 e. The van der Waals surface area contributed by atoms with E-state index in [9.17, 15) is 4.79 Å². The highest BCUT2D eigenvalue weighted by Gasteiger charge is 2.00. The molecule has 0 bridgehead atoms. The van der Waals surface area contributed by atoms with Gasteiger partial charge in [-0.15, -0.1) is 0 Å². The van der Waals surface area contributed by atoms with Crippen molar-refractivity contribution in [3.63, 3.8) is 0 Å². The molecule has 0 aliphatic rings. The molecule has 0 atom stereocenters. The number of carboxylic acid groups (broad SMARTS) is 1. The molecule has 2 rings (SSSR count). The standard InChI is InChI=1S/C18H20O4/c19-18(20)12-9-15-7-10-17(11-8-15)22-14-4-13-21-16-5-2-1-3-6-16/h1-3,5-8,10-11H,4,9,12-14H2,(H,19,20). The molecule has 0 aliphatic heterocycles. The zero-order valence-corrected chi connectivity index (χ0v) is 12.4. The molecule has 1 N–H and O–H groups in total. The van der Waals surface area contributed by atoms with Crippen LogP contribution >= 0.6 is 0 Å². The van der Waals surface area contributed by atoms with Gasteiger partial charge in [0, 0.05) is 12.8 Å². The lowest BCUT2D eigenvalue weighted by Crippen LogP contribution is -2.05. The number of aryl methyl sites for hydroxylation is 1. The summed E-state index contributed by atoms with van der Waals surface area (Å²) in [4.78, 5) is 10.5. The fraction of sp³-hybridized carbons (Fsp3) is 0.278. The number of hydrogen-bond acceptors (Lipinski definition) is 3. The first-order valence-electron chi connectivity index (χ1n) is 7.35. The third-order valence-corrected chi connectivity index (χ3v) is 3.12. The third kappa shape index (κ3) is 5.87. The van der Waals surface area contributed by atoms with Crippen molar-refractivity contribution in [2.45, 2.75) is 19.3 Å². The lowest BCUT2D eigenvalue weighted by atomic mass is 10.1. The zero-order valence-electron chi connectivity index (χ0n) is 12.4. The topological polar surface area (TPSA) is 55.8 Å². The second kappa shape index (κ2) is 8.72. The van der Waals surface area contributed by atoms with Crippen LogP contribution < -0.4 is 9.47 Å². The lowest BCUT2D eigenvalue weighted by Gasteiger charge is -2.08. The quantitative estimate of drug-likeness (QED) is 0.720. The Bertz CT molecular complexity index is 563. The summed E-state index contributed by atoms with van der Waals surface area (Å²) in [5.41, 5.74) is 1.00. The number of para-hydroxylation sites is 1. The molecule has 2 aromatic rings. The molecular formula is C18H20O4. The van der Waals surface area contributed by atoms with Gasteiger partial charge in [0.1, 0.15) is 11.5 Å². The summed E-state index contributed by atoms with van der Waals surface area (Å²) >= 11 is 0. The Hall–Kier alpha value is -2.49. The van der Waals surface area contributed by atoms with Crippen LogP contribution in [0, 0.1) is 0 Å². The maximum atomic E-state index is 10.5. The van der Waals surface area contributed by atoms with E-state index in [0.717, 1.165) is 23.5 Å². The minimum atomic E-state index is -0.779. The second-order valence-electron chi connectivity index (χ2n) is 4.90. The highest BCUT2D eigenvalue weighted by Crippen LogP contribution is 2.14. The Morgan fingerprint density at radius 2 is 1.45 bits per heavy atom. The van der Waals surface area contributed by atoms with E-state index in [1.807, 2.05) is 54.6 Å². The van der Waals surface area contributed by atoms with Crippen molar-refractivity contribution in [1.29, 1.82) is 0 Å². The van der Waals surface area contributed by atoms with Crippen molar-refractivity contribution in [3.8, 4) is 11.5 Å². The molecule has 0 radical (unpaired) electrons. The molecule has 0 saturated carbocycles. The van der Waals surface area contributed by atoms with E-state index < -0.39 is 5.97 Å². The van der Waals surface area contributed by atoms with Gasteiger partial charge in [-0.2, -0.15) is 0 Å². The smallest absolute Gasteiger partial charge is 0.303 e. The van der Waals surface area contributed by atoms with E-state index in [2.05, 4.69) is 0 Å². The molecule has 22 heavy (non-hydrogen) atoms. The molecule has 0 unspecified atom stereocenters. The number of benzene rings is 2. The van der Waals surface area contributed by atoms with Gasteiger partial charge in [-0.25, -0.2) is 0 Å². The van der Waals surface area contributed by atoms with Gasteiger partial charge in [0.05, 0.1) is 13.2 Å². The largest absolute Gasteiger partial charge is 0.493 e. The predicted octanol–water partition coefficient (Wildman–Crippen LogP) is 3.55. The second-order valence-corrected chi connectivity index (χ2v) is 4.90. The van der Waals surface area contributed by atoms with Gasteiger partial charge in [0.2, 0.25) is 0 Å². The van der Waals surface area contributed by atoms with Crippen LogP contribution in [0.5, 0.6) is 11.5 Å². The van der Waals surface area contributed by atoms with Gasteiger partial charge >= 0.3 is 5.97 Å².